The van der Waals surface area contributed by atoms with E-state index in [1.165, 1.54) is 18.2 Å². The number of nitriles is 1. The third kappa shape index (κ3) is 3.41. The number of carbonyl (C=O) groups excluding carboxylic acids is 1. The molecule has 5 rings (SSSR count). The monoisotopic (exact) mass is 526 g/mol. The Morgan fingerprint density at radius 2 is 2.17 bits per heavy atom. The van der Waals surface area contributed by atoms with Gasteiger partial charge in [-0.3, -0.25) is 4.79 Å². The van der Waals surface area contributed by atoms with Gasteiger partial charge >= 0.3 is 0 Å². The molecule has 0 unspecified atom stereocenters. The van der Waals surface area contributed by atoms with Gasteiger partial charge in [-0.1, -0.05) is 30.8 Å². The summed E-state index contributed by atoms with van der Waals surface area (Å²) in [5.41, 5.74) is 6.14. The molecular formula is C24H17ClF2N6O2S. The van der Waals surface area contributed by atoms with Crippen molar-refractivity contribution in [1.82, 2.24) is 19.7 Å². The Balaban J connectivity index is 1.74. The highest BCUT2D eigenvalue weighted by Gasteiger charge is 2.36. The molecule has 2 N–H and O–H groups in total. The van der Waals surface area contributed by atoms with Crippen LogP contribution in [0.5, 0.6) is 5.75 Å². The van der Waals surface area contributed by atoms with Crippen LogP contribution in [-0.2, 0) is 11.3 Å². The van der Waals surface area contributed by atoms with Gasteiger partial charge in [-0.25, -0.2) is 8.78 Å². The molecule has 0 bridgehead atoms. The summed E-state index contributed by atoms with van der Waals surface area (Å²) in [6.45, 7) is 7.89. The third-order valence-electron chi connectivity index (χ3n) is 6.13. The maximum atomic E-state index is 15.7. The fourth-order valence-electron chi connectivity index (χ4n) is 4.58. The zero-order valence-electron chi connectivity index (χ0n) is 18.6. The third-order valence-corrected chi connectivity index (χ3v) is 7.43. The molecule has 0 radical (unpaired) electrons. The number of benzene rings is 1. The number of hydrogen-bond donors (Lipinski definition) is 1. The Morgan fingerprint density at radius 3 is 2.83 bits per heavy atom. The molecule has 0 saturated heterocycles. The van der Waals surface area contributed by atoms with Crippen LogP contribution < -0.4 is 20.2 Å². The Kier molecular flexibility index (Phi) is 5.86. The molecule has 1 aromatic carbocycles. The van der Waals surface area contributed by atoms with Gasteiger partial charge in [0.25, 0.3) is 0 Å². The van der Waals surface area contributed by atoms with Crippen molar-refractivity contribution >= 4 is 45.7 Å². The van der Waals surface area contributed by atoms with E-state index in [9.17, 15) is 14.4 Å². The van der Waals surface area contributed by atoms with Gasteiger partial charge in [0.15, 0.2) is 11.6 Å². The van der Waals surface area contributed by atoms with E-state index < -0.39 is 5.82 Å². The molecular weight excluding hydrogens is 510 g/mol. The van der Waals surface area contributed by atoms with Gasteiger partial charge in [0.1, 0.15) is 35.6 Å². The standard InChI is InChI=1S/C24H17ClF2N6O2S/c1-3-12(19-14(7-28)23(29)36-16(19)6-26)20-15(27)5-13-22(21(20)25)35-10-11-8-32(18(34)4-2)9-17-30-31-24(13)33(11)17/h3-6,11H,1-2,8-10,29H2/b16-6-,19-12+/t11-/m0/s1. The first-order valence-electron chi connectivity index (χ1n) is 10.6. The topological polar surface area (TPSA) is 110 Å². The van der Waals surface area contributed by atoms with Crippen molar-refractivity contribution in [2.45, 2.75) is 12.6 Å². The zero-order chi connectivity index (χ0) is 25.7. The first-order valence-corrected chi connectivity index (χ1v) is 11.8. The summed E-state index contributed by atoms with van der Waals surface area (Å²) < 4.78 is 37.3. The number of halogens is 3. The molecule has 182 valence electrons. The van der Waals surface area contributed by atoms with Crippen molar-refractivity contribution in [2.24, 2.45) is 0 Å². The number of anilines is 1. The van der Waals surface area contributed by atoms with Crippen molar-refractivity contribution in [1.29, 1.82) is 5.26 Å². The number of hydrogen-bond acceptors (Lipinski definition) is 7. The normalized spacial score (nSPS) is 17.3. The Labute approximate surface area is 212 Å². The number of amides is 1. The van der Waals surface area contributed by atoms with E-state index in [1.54, 1.807) is 4.90 Å². The van der Waals surface area contributed by atoms with E-state index in [0.29, 0.717) is 24.5 Å². The predicted octanol–water partition coefficient (Wildman–Crippen LogP) is 2.81. The first-order chi connectivity index (χ1) is 17.3. The molecule has 2 aliphatic heterocycles. The van der Waals surface area contributed by atoms with Gasteiger partial charge in [-0.2, -0.15) is 5.26 Å². The van der Waals surface area contributed by atoms with Gasteiger partial charge in [0.05, 0.1) is 33.3 Å². The summed E-state index contributed by atoms with van der Waals surface area (Å²) >= 11 is 7.58. The second kappa shape index (κ2) is 8.89. The highest BCUT2D eigenvalue weighted by Crippen LogP contribution is 2.45. The van der Waals surface area contributed by atoms with Gasteiger partial charge in [-0.05, 0) is 17.7 Å². The van der Waals surface area contributed by atoms with Gasteiger partial charge in [0, 0.05) is 17.3 Å². The molecule has 2 aliphatic rings. The second-order valence-corrected chi connectivity index (χ2v) is 9.50. The number of rotatable bonds is 3. The molecule has 1 atom stereocenters. The minimum Gasteiger partial charge on any atom is -0.489 e. The summed E-state index contributed by atoms with van der Waals surface area (Å²) in [6, 6.07) is 2.80. The highest BCUT2D eigenvalue weighted by molar-refractivity contribution is 7.14. The lowest BCUT2D eigenvalue weighted by molar-refractivity contribution is -0.128. The molecule has 8 nitrogen and oxygen atoms in total. The van der Waals surface area contributed by atoms with E-state index in [2.05, 4.69) is 23.4 Å². The van der Waals surface area contributed by atoms with Crippen molar-refractivity contribution in [3.05, 3.63) is 68.9 Å². The molecule has 0 saturated carbocycles. The molecule has 36 heavy (non-hydrogen) atoms. The van der Waals surface area contributed by atoms with Crippen LogP contribution in [0.2, 0.25) is 5.02 Å². The Morgan fingerprint density at radius 1 is 1.39 bits per heavy atom. The molecule has 0 spiro atoms. The predicted molar refractivity (Wildman–Crippen MR) is 132 cm³/mol. The lowest BCUT2D eigenvalue weighted by Gasteiger charge is -2.32. The summed E-state index contributed by atoms with van der Waals surface area (Å²) in [7, 11) is 0. The summed E-state index contributed by atoms with van der Waals surface area (Å²) in [4.78, 5) is 13.8. The molecule has 4 heterocycles. The van der Waals surface area contributed by atoms with E-state index in [0.717, 1.165) is 11.3 Å². The number of carbonyl (C=O) groups is 1. The second-order valence-electron chi connectivity index (χ2n) is 8.04. The molecule has 3 aromatic rings. The van der Waals surface area contributed by atoms with Gasteiger partial charge < -0.3 is 19.9 Å². The molecule has 12 heteroatoms. The minimum absolute atomic E-state index is 0.00699. The van der Waals surface area contributed by atoms with Crippen molar-refractivity contribution in [3.63, 3.8) is 0 Å². The van der Waals surface area contributed by atoms with Crippen LogP contribution in [0.25, 0.3) is 23.3 Å². The maximum Gasteiger partial charge on any atom is 0.246 e. The SMILES string of the molecule is C=CC(=O)N1Cc2nnc3n2[C@H](COc2c-3cc(F)c(/C(C=C)=c3\c(C#N)c(N)s\c3=C/F)c2Cl)C1. The fourth-order valence-corrected chi connectivity index (χ4v) is 5.77. The molecule has 0 fully saturated rings. The van der Waals surface area contributed by atoms with Crippen LogP contribution in [0.1, 0.15) is 23.0 Å². The Bertz CT molecular complexity index is 1640. The van der Waals surface area contributed by atoms with E-state index in [4.69, 9.17) is 22.1 Å². The van der Waals surface area contributed by atoms with Crippen LogP contribution in [-0.4, -0.2) is 38.7 Å². The van der Waals surface area contributed by atoms with E-state index in [1.807, 2.05) is 10.6 Å². The number of thiophene rings is 1. The van der Waals surface area contributed by atoms with Crippen LogP contribution in [0.3, 0.4) is 0 Å². The van der Waals surface area contributed by atoms with Crippen molar-refractivity contribution < 1.29 is 18.3 Å². The molecule has 0 aliphatic carbocycles. The molecule has 1 amide bonds. The minimum atomic E-state index is -0.759. The smallest absolute Gasteiger partial charge is 0.246 e. The van der Waals surface area contributed by atoms with Crippen molar-refractivity contribution in [2.75, 3.05) is 18.9 Å². The number of nitrogens with zero attached hydrogens (tertiary/aromatic N) is 5. The van der Waals surface area contributed by atoms with Crippen LogP contribution >= 0.6 is 22.9 Å². The van der Waals surface area contributed by atoms with Gasteiger partial charge in [0.2, 0.25) is 5.91 Å². The molecule has 2 aromatic heterocycles. The maximum absolute atomic E-state index is 15.7. The number of fused-ring (bicyclic) bond motifs is 2. The lowest BCUT2D eigenvalue weighted by atomic mass is 9.98. The summed E-state index contributed by atoms with van der Waals surface area (Å²) in [5, 5.41) is 18.1. The lowest BCUT2D eigenvalue weighted by Crippen LogP contribution is -2.42. The zero-order valence-corrected chi connectivity index (χ0v) is 20.2. The van der Waals surface area contributed by atoms with Crippen LogP contribution in [0, 0.1) is 17.1 Å². The first kappa shape index (κ1) is 23.7. The summed E-state index contributed by atoms with van der Waals surface area (Å²) in [6.07, 6.45) is 2.81. The van der Waals surface area contributed by atoms with E-state index >= 15 is 4.39 Å². The average molecular weight is 527 g/mol. The van der Waals surface area contributed by atoms with Crippen LogP contribution in [0.4, 0.5) is 13.8 Å². The summed E-state index contributed by atoms with van der Waals surface area (Å²) in [5.74, 6) is -0.0109. The average Bonchev–Trinajstić information content (AvgIpc) is 3.40. The van der Waals surface area contributed by atoms with Crippen molar-refractivity contribution in [3.8, 4) is 23.2 Å². The number of allylic oxidation sites excluding steroid dienone is 1. The number of aromatic nitrogens is 3. The Hall–Kier alpha value is -4.01. The number of nitrogens with two attached hydrogens (primary N) is 1. The quantitative estimate of drug-likeness (QED) is 0.526. The number of nitrogen functional groups attached to an aromatic ring is 1. The van der Waals surface area contributed by atoms with E-state index in [-0.39, 0.29) is 72.9 Å². The van der Waals surface area contributed by atoms with Crippen LogP contribution in [0.15, 0.2) is 31.4 Å². The largest absolute Gasteiger partial charge is 0.489 e. The number of ether oxygens (including phenoxy) is 1. The van der Waals surface area contributed by atoms with Gasteiger partial charge in [-0.15, -0.1) is 21.5 Å². The highest BCUT2D eigenvalue weighted by atomic mass is 35.5. The fraction of sp³-hybridized carbons (Fsp3) is 0.167.